The van der Waals surface area contributed by atoms with Gasteiger partial charge >= 0.3 is 230 Å². The molecule has 0 aliphatic carbocycles. The first-order valence-corrected chi connectivity index (χ1v) is 18.7. The van der Waals surface area contributed by atoms with E-state index in [2.05, 4.69) is 18.5 Å². The Labute approximate surface area is 242 Å². The summed E-state index contributed by atoms with van der Waals surface area (Å²) in [5, 5.41) is 10.3. The molecule has 14 heteroatoms. The average Bonchev–Trinajstić information content (AvgIpc) is 3.56. The van der Waals surface area contributed by atoms with E-state index in [-0.39, 0.29) is 28.5 Å². The van der Waals surface area contributed by atoms with Crippen LogP contribution in [0.3, 0.4) is 0 Å². The number of primary amides is 1. The molecule has 1 aromatic carbocycles. The molecule has 11 nitrogen and oxygen atoms in total. The molecule has 0 bridgehead atoms. The van der Waals surface area contributed by atoms with Gasteiger partial charge in [-0.1, -0.05) is 6.07 Å². The van der Waals surface area contributed by atoms with Crippen molar-refractivity contribution in [3.8, 4) is 0 Å². The number of benzene rings is 1. The third-order valence-corrected chi connectivity index (χ3v) is 14.8. The van der Waals surface area contributed by atoms with Crippen LogP contribution in [-0.2, 0) is 19.2 Å². The van der Waals surface area contributed by atoms with Gasteiger partial charge in [-0.25, -0.2) is 0 Å². The predicted molar refractivity (Wildman–Crippen MR) is 147 cm³/mol. The molecule has 5 rings (SSSR count). The van der Waals surface area contributed by atoms with Crippen molar-refractivity contribution in [3.63, 3.8) is 0 Å². The van der Waals surface area contributed by atoms with Gasteiger partial charge in [-0.15, -0.1) is 0 Å². The normalized spacial score (nSPS) is 22.5. The second-order valence-electron chi connectivity index (χ2n) is 10.4. The van der Waals surface area contributed by atoms with Crippen LogP contribution in [-0.4, -0.2) is 97.5 Å². The first-order chi connectivity index (χ1) is 19.6. The van der Waals surface area contributed by atoms with Crippen molar-refractivity contribution < 1.29 is 28.0 Å². The number of nitrogens with two attached hydrogens (primary N) is 1. The second-order valence-corrected chi connectivity index (χ2v) is 17.0. The van der Waals surface area contributed by atoms with E-state index in [0.717, 1.165) is 8.89 Å². The Bertz CT molecular complexity index is 1450. The van der Waals surface area contributed by atoms with Crippen LogP contribution >= 0.6 is 0 Å². The molecular formula is C27H28F2InN7O4. The summed E-state index contributed by atoms with van der Waals surface area (Å²) < 4.78 is 34.3. The van der Waals surface area contributed by atoms with E-state index in [1.165, 1.54) is 28.3 Å². The van der Waals surface area contributed by atoms with Crippen LogP contribution in [0, 0.1) is 12.7 Å². The number of carbonyl (C=O) groups excluding carboxylic acids is 4. The van der Waals surface area contributed by atoms with Crippen molar-refractivity contribution in [3.05, 3.63) is 59.7 Å². The van der Waals surface area contributed by atoms with E-state index in [9.17, 15) is 28.0 Å². The van der Waals surface area contributed by atoms with Crippen molar-refractivity contribution in [2.75, 3.05) is 18.0 Å². The molecule has 3 atom stereocenters. The van der Waals surface area contributed by atoms with E-state index in [1.54, 1.807) is 31.2 Å². The Hall–Kier alpha value is -3.68. The van der Waals surface area contributed by atoms with Crippen molar-refractivity contribution in [1.29, 1.82) is 0 Å². The number of halogens is 2. The maximum atomic E-state index is 14.6. The topological polar surface area (TPSA) is 151 Å². The predicted octanol–water partition coefficient (Wildman–Crippen LogP) is 1.03. The second kappa shape index (κ2) is 12.0. The Kier molecular flexibility index (Phi) is 8.47. The summed E-state index contributed by atoms with van der Waals surface area (Å²) in [7, 11) is 0. The van der Waals surface area contributed by atoms with E-state index >= 15 is 0 Å². The molecule has 0 radical (unpaired) electrons. The first-order valence-electron chi connectivity index (χ1n) is 13.3. The van der Waals surface area contributed by atoms with Crippen LogP contribution in [0.15, 0.2) is 45.7 Å². The molecule has 3 aliphatic heterocycles. The third-order valence-electron chi connectivity index (χ3n) is 7.50. The van der Waals surface area contributed by atoms with Gasteiger partial charge in [0.15, 0.2) is 0 Å². The molecule has 1 unspecified atom stereocenters. The van der Waals surface area contributed by atoms with Crippen LogP contribution in [0.25, 0.3) is 3.33 Å². The maximum absolute atomic E-state index is 14.6. The number of nitrogens with zero attached hydrogens (tertiary/aromatic N) is 5. The molecule has 4 amide bonds. The zero-order valence-electron chi connectivity index (χ0n) is 22.3. The molecule has 1 aromatic heterocycles. The summed E-state index contributed by atoms with van der Waals surface area (Å²) in [6.45, 7) is 1.83. The molecule has 3 aliphatic rings. The first kappa shape index (κ1) is 28.8. The zero-order valence-corrected chi connectivity index (χ0v) is 25.6. The van der Waals surface area contributed by atoms with Gasteiger partial charge < -0.3 is 0 Å². The van der Waals surface area contributed by atoms with Crippen molar-refractivity contribution in [1.82, 2.24) is 20.4 Å². The van der Waals surface area contributed by atoms with Gasteiger partial charge in [-0.3, -0.25) is 0 Å². The number of piperidine rings is 1. The van der Waals surface area contributed by atoms with Gasteiger partial charge in [-0.2, -0.15) is 0 Å². The molecule has 2 fully saturated rings. The van der Waals surface area contributed by atoms with Crippen LogP contribution in [0.5, 0.6) is 0 Å². The Morgan fingerprint density at radius 2 is 2.02 bits per heavy atom. The quantitative estimate of drug-likeness (QED) is 0.451. The van der Waals surface area contributed by atoms with Crippen LogP contribution in [0.4, 0.5) is 14.5 Å². The molecular weight excluding hydrogens is 639 g/mol. The van der Waals surface area contributed by atoms with Crippen LogP contribution in [0.2, 0.25) is 4.18 Å². The minimum atomic E-state index is -3.36. The summed E-state index contributed by atoms with van der Waals surface area (Å²) in [5.41, 5.74) is 7.12. The Balaban J connectivity index is 1.29. The molecule has 3 N–H and O–H groups in total. The van der Waals surface area contributed by atoms with Gasteiger partial charge in [0.2, 0.25) is 0 Å². The van der Waals surface area contributed by atoms with E-state index in [0.29, 0.717) is 24.9 Å². The van der Waals surface area contributed by atoms with E-state index < -0.39 is 69.4 Å². The number of rotatable bonds is 7. The van der Waals surface area contributed by atoms with E-state index in [1.807, 2.05) is 0 Å². The number of aromatic nitrogens is 2. The van der Waals surface area contributed by atoms with Crippen molar-refractivity contribution in [2.24, 2.45) is 8.71 Å². The van der Waals surface area contributed by atoms with Gasteiger partial charge in [-0.05, 0) is 6.92 Å². The average molecular weight is 667 g/mol. The summed E-state index contributed by atoms with van der Waals surface area (Å²) in [5.74, 6) is -2.80. The van der Waals surface area contributed by atoms with Gasteiger partial charge in [0.25, 0.3) is 0 Å². The number of amides is 4. The summed E-state index contributed by atoms with van der Waals surface area (Å²) in [4.78, 5) is 54.4. The number of nitrogens with one attached hydrogen (secondary N) is 1. The summed E-state index contributed by atoms with van der Waals surface area (Å²) in [6, 6.07) is 4.13. The zero-order chi connectivity index (χ0) is 29.3. The number of anilines is 1. The minimum absolute atomic E-state index is 0.0358. The molecule has 212 valence electrons. The SMILES string of the molecule is Cc1ccc(F)c(N2CCCC(NC(=O)[C@@H]3C[C@@H](F)CN3C(=O)[CH2][In]3[N]=C(C(N)=O)C=[C]3c3ccnnc3)C2=O)c1. The number of hydrogen-bond acceptors (Lipinski definition) is 7. The fourth-order valence-corrected chi connectivity index (χ4v) is 12.5. The standard InChI is InChI=1S/C19H22F2N3O3.C8H6N4O.In/c1-11-5-6-14(21)16(8-11)23-7-3-4-15(19(23)27)22-18(26)17-9-13(20)10-24(17)12(2)25;9-7(8(10)13)2-1-6-3-4-11-12-5-6;/h5-6,8,13,15,17H,2-4,7,9-10H2,1H3,(H,22,26);2-5H,(H2,10,13);/q;-1;+1/t13-,15?,17+;;/m1../s1. The molecule has 2 saturated heterocycles. The summed E-state index contributed by atoms with van der Waals surface area (Å²) in [6.07, 6.45) is 3.80. The summed E-state index contributed by atoms with van der Waals surface area (Å²) >= 11 is -3.36. The number of likely N-dealkylation sites (tertiary alicyclic amines) is 1. The van der Waals surface area contributed by atoms with Gasteiger partial charge in [0.1, 0.15) is 0 Å². The van der Waals surface area contributed by atoms with Crippen LogP contribution < -0.4 is 16.0 Å². The van der Waals surface area contributed by atoms with E-state index in [4.69, 9.17) is 5.73 Å². The Morgan fingerprint density at radius 1 is 1.22 bits per heavy atom. The van der Waals surface area contributed by atoms with Gasteiger partial charge in [0.05, 0.1) is 0 Å². The van der Waals surface area contributed by atoms with Gasteiger partial charge in [0, 0.05) is 0 Å². The molecule has 2 aromatic rings. The molecule has 41 heavy (non-hydrogen) atoms. The molecule has 0 saturated carbocycles. The number of alkyl halides is 1. The Morgan fingerprint density at radius 3 is 2.76 bits per heavy atom. The van der Waals surface area contributed by atoms with Crippen molar-refractivity contribution in [2.45, 2.75) is 48.6 Å². The third kappa shape index (κ3) is 6.16. The molecule has 4 heterocycles. The fourth-order valence-electron chi connectivity index (χ4n) is 5.48. The van der Waals surface area contributed by atoms with Crippen molar-refractivity contribution >= 4 is 60.1 Å². The number of hydrogen-bond donors (Lipinski definition) is 2. The number of aryl methyl sites for hydroxylation is 1. The number of carbonyl (C=O) groups is 4. The monoisotopic (exact) mass is 667 g/mol. The fraction of sp³-hybridized carbons (Fsp3) is 0.370. The van der Waals surface area contributed by atoms with Crippen LogP contribution in [0.1, 0.15) is 30.4 Å². The molecule has 0 spiro atoms.